The molecule has 2 nitrogen and oxygen atoms in total. The summed E-state index contributed by atoms with van der Waals surface area (Å²) in [7, 11) is 1.41. The van der Waals surface area contributed by atoms with Crippen molar-refractivity contribution in [2.24, 2.45) is 0 Å². The molecular weight excluding hydrogens is 205 g/mol. The largest absolute Gasteiger partial charge is 0.494 e. The van der Waals surface area contributed by atoms with E-state index in [2.05, 4.69) is 4.98 Å². The summed E-state index contributed by atoms with van der Waals surface area (Å²) in [6, 6.07) is 4.47. The van der Waals surface area contributed by atoms with Gasteiger partial charge in [-0.2, -0.15) is 0 Å². The number of rotatable bonds is 1. The molecule has 1 aromatic carbocycles. The summed E-state index contributed by atoms with van der Waals surface area (Å²) in [6.07, 6.45) is 1.57. The molecule has 0 aliphatic rings. The number of nitrogens with zero attached hydrogens (tertiary/aromatic N) is 1. The normalized spacial score (nSPS) is 10.5. The Morgan fingerprint density at radius 1 is 1.43 bits per heavy atom. The van der Waals surface area contributed by atoms with E-state index >= 15 is 0 Å². The van der Waals surface area contributed by atoms with E-state index in [1.807, 2.05) is 0 Å². The molecule has 1 heterocycles. The predicted octanol–water partition coefficient (Wildman–Crippen LogP) is 3.04. The van der Waals surface area contributed by atoms with Gasteiger partial charge in [0.2, 0.25) is 0 Å². The van der Waals surface area contributed by atoms with Gasteiger partial charge in [0.25, 0.3) is 0 Å². The van der Waals surface area contributed by atoms with E-state index < -0.39 is 5.82 Å². The Balaban J connectivity index is 2.79. The van der Waals surface area contributed by atoms with Crippen LogP contribution in [0.3, 0.4) is 0 Å². The maximum absolute atomic E-state index is 13.3. The first-order valence-corrected chi connectivity index (χ1v) is 4.38. The van der Waals surface area contributed by atoms with E-state index in [0.29, 0.717) is 15.9 Å². The first kappa shape index (κ1) is 9.21. The van der Waals surface area contributed by atoms with Crippen LogP contribution >= 0.6 is 11.6 Å². The maximum Gasteiger partial charge on any atom is 0.165 e. The number of benzene rings is 1. The summed E-state index contributed by atoms with van der Waals surface area (Å²) in [5.74, 6) is -0.262. The van der Waals surface area contributed by atoms with E-state index in [-0.39, 0.29) is 5.75 Å². The topological polar surface area (TPSA) is 22.1 Å². The summed E-state index contributed by atoms with van der Waals surface area (Å²) >= 11 is 5.88. The lowest BCUT2D eigenvalue weighted by Crippen LogP contribution is -1.89. The van der Waals surface area contributed by atoms with Crippen molar-refractivity contribution in [2.45, 2.75) is 0 Å². The molecule has 14 heavy (non-hydrogen) atoms. The van der Waals surface area contributed by atoms with Crippen molar-refractivity contribution < 1.29 is 9.13 Å². The van der Waals surface area contributed by atoms with E-state index in [9.17, 15) is 4.39 Å². The first-order chi connectivity index (χ1) is 6.72. The summed E-state index contributed by atoms with van der Waals surface area (Å²) in [4.78, 5) is 4.06. The van der Waals surface area contributed by atoms with E-state index in [1.165, 1.54) is 19.2 Å². The third kappa shape index (κ3) is 1.40. The molecule has 0 amide bonds. The average molecular weight is 212 g/mol. The van der Waals surface area contributed by atoms with Crippen LogP contribution in [-0.2, 0) is 0 Å². The zero-order valence-corrected chi connectivity index (χ0v) is 8.18. The number of fused-ring (bicyclic) bond motifs is 1. The molecule has 0 unspecified atom stereocenters. The van der Waals surface area contributed by atoms with Gasteiger partial charge in [0.1, 0.15) is 0 Å². The van der Waals surface area contributed by atoms with Gasteiger partial charge >= 0.3 is 0 Å². The van der Waals surface area contributed by atoms with E-state index in [4.69, 9.17) is 16.3 Å². The van der Waals surface area contributed by atoms with Crippen LogP contribution in [0.2, 0.25) is 5.02 Å². The fraction of sp³-hybridized carbons (Fsp3) is 0.100. The quantitative estimate of drug-likeness (QED) is 0.723. The summed E-state index contributed by atoms with van der Waals surface area (Å²) in [5, 5.41) is 1.07. The van der Waals surface area contributed by atoms with Crippen molar-refractivity contribution in [3.63, 3.8) is 0 Å². The fourth-order valence-corrected chi connectivity index (χ4v) is 1.48. The van der Waals surface area contributed by atoms with Crippen LogP contribution in [0.5, 0.6) is 5.75 Å². The van der Waals surface area contributed by atoms with Gasteiger partial charge in [-0.15, -0.1) is 0 Å². The molecule has 2 rings (SSSR count). The molecule has 4 heteroatoms. The predicted molar refractivity (Wildman–Crippen MR) is 53.3 cm³/mol. The molecule has 0 aliphatic heterocycles. The van der Waals surface area contributed by atoms with Gasteiger partial charge in [0, 0.05) is 17.6 Å². The van der Waals surface area contributed by atoms with Gasteiger partial charge in [0.15, 0.2) is 11.6 Å². The molecular formula is C10H7ClFNO. The van der Waals surface area contributed by atoms with Crippen molar-refractivity contribution >= 4 is 22.5 Å². The van der Waals surface area contributed by atoms with Crippen molar-refractivity contribution in [2.75, 3.05) is 7.11 Å². The highest BCUT2D eigenvalue weighted by Crippen LogP contribution is 2.27. The van der Waals surface area contributed by atoms with Crippen molar-refractivity contribution in [3.8, 4) is 5.75 Å². The standard InChI is InChI=1S/C10H7ClFNO/c1-14-10-5-9-6(4-8(10)12)7(11)2-3-13-9/h2-5H,1H3. The first-order valence-electron chi connectivity index (χ1n) is 4.00. The molecule has 0 fully saturated rings. The number of ether oxygens (including phenoxy) is 1. The lowest BCUT2D eigenvalue weighted by Gasteiger charge is -2.04. The molecule has 0 N–H and O–H groups in total. The number of aromatic nitrogens is 1. The van der Waals surface area contributed by atoms with Gasteiger partial charge in [-0.3, -0.25) is 4.98 Å². The Hall–Kier alpha value is -1.35. The molecule has 0 bridgehead atoms. The Labute approximate surface area is 85.3 Å². The highest BCUT2D eigenvalue weighted by molar-refractivity contribution is 6.35. The third-order valence-electron chi connectivity index (χ3n) is 1.96. The zero-order chi connectivity index (χ0) is 10.1. The van der Waals surface area contributed by atoms with Crippen molar-refractivity contribution in [1.29, 1.82) is 0 Å². The van der Waals surface area contributed by atoms with Crippen LogP contribution in [-0.4, -0.2) is 12.1 Å². The van der Waals surface area contributed by atoms with Crippen molar-refractivity contribution in [1.82, 2.24) is 4.98 Å². The summed E-state index contributed by atoms with van der Waals surface area (Å²) in [5.41, 5.74) is 0.621. The minimum atomic E-state index is -0.435. The van der Waals surface area contributed by atoms with Gasteiger partial charge in [-0.1, -0.05) is 11.6 Å². The van der Waals surface area contributed by atoms with Gasteiger partial charge < -0.3 is 4.74 Å². The number of hydrogen-bond acceptors (Lipinski definition) is 2. The highest BCUT2D eigenvalue weighted by Gasteiger charge is 2.07. The lowest BCUT2D eigenvalue weighted by atomic mass is 10.2. The average Bonchev–Trinajstić information content (AvgIpc) is 2.19. The maximum atomic E-state index is 13.3. The SMILES string of the molecule is COc1cc2nccc(Cl)c2cc1F. The van der Waals surface area contributed by atoms with Gasteiger partial charge in [-0.05, 0) is 12.1 Å². The molecule has 0 atom stereocenters. The highest BCUT2D eigenvalue weighted by atomic mass is 35.5. The molecule has 0 saturated carbocycles. The van der Waals surface area contributed by atoms with E-state index in [0.717, 1.165) is 0 Å². The third-order valence-corrected chi connectivity index (χ3v) is 2.29. The zero-order valence-electron chi connectivity index (χ0n) is 7.42. The fourth-order valence-electron chi connectivity index (χ4n) is 1.27. The summed E-state index contributed by atoms with van der Waals surface area (Å²) < 4.78 is 18.1. The monoisotopic (exact) mass is 211 g/mol. The van der Waals surface area contributed by atoms with E-state index in [1.54, 1.807) is 12.3 Å². The number of hydrogen-bond donors (Lipinski definition) is 0. The van der Waals surface area contributed by atoms with Crippen LogP contribution in [0.4, 0.5) is 4.39 Å². The Bertz CT molecular complexity index is 487. The Kier molecular flexibility index (Phi) is 2.25. The molecule has 72 valence electrons. The Morgan fingerprint density at radius 3 is 2.93 bits per heavy atom. The number of halogens is 2. The lowest BCUT2D eigenvalue weighted by molar-refractivity contribution is 0.387. The second-order valence-corrected chi connectivity index (χ2v) is 3.20. The van der Waals surface area contributed by atoms with Crippen LogP contribution < -0.4 is 4.74 Å². The molecule has 0 radical (unpaired) electrons. The minimum Gasteiger partial charge on any atom is -0.494 e. The van der Waals surface area contributed by atoms with Crippen LogP contribution in [0.15, 0.2) is 24.4 Å². The minimum absolute atomic E-state index is 0.173. The van der Waals surface area contributed by atoms with Crippen LogP contribution in [0.1, 0.15) is 0 Å². The second-order valence-electron chi connectivity index (χ2n) is 2.80. The smallest absolute Gasteiger partial charge is 0.165 e. The number of pyridine rings is 1. The molecule has 0 spiro atoms. The van der Waals surface area contributed by atoms with Crippen molar-refractivity contribution in [3.05, 3.63) is 35.2 Å². The van der Waals surface area contributed by atoms with Gasteiger partial charge in [0.05, 0.1) is 17.6 Å². The second kappa shape index (κ2) is 3.42. The molecule has 1 aromatic heterocycles. The van der Waals surface area contributed by atoms with Gasteiger partial charge in [-0.25, -0.2) is 4.39 Å². The molecule has 2 aromatic rings. The Morgan fingerprint density at radius 2 is 2.21 bits per heavy atom. The number of methoxy groups -OCH3 is 1. The van der Waals surface area contributed by atoms with Crippen LogP contribution in [0, 0.1) is 5.82 Å². The molecule has 0 saturated heterocycles. The molecule has 0 aliphatic carbocycles. The summed E-state index contributed by atoms with van der Waals surface area (Å²) in [6.45, 7) is 0. The van der Waals surface area contributed by atoms with Crippen LogP contribution in [0.25, 0.3) is 10.9 Å².